The van der Waals surface area contributed by atoms with Crippen molar-refractivity contribution in [1.29, 1.82) is 0 Å². The van der Waals surface area contributed by atoms with Crippen LogP contribution in [-0.2, 0) is 16.3 Å². The van der Waals surface area contributed by atoms with Crippen molar-refractivity contribution in [3.63, 3.8) is 0 Å². The minimum Gasteiger partial charge on any atom is -0.395 e. The van der Waals surface area contributed by atoms with Crippen molar-refractivity contribution >= 4 is 20.7 Å². The lowest BCUT2D eigenvalue weighted by molar-refractivity contribution is 0.230. The number of nitrogens with one attached hydrogen (secondary N) is 2. The number of hydrogen-bond donors (Lipinski definition) is 3. The Bertz CT molecular complexity index is 769. The summed E-state index contributed by atoms with van der Waals surface area (Å²) < 4.78 is 23.8. The molecule has 23 heavy (non-hydrogen) atoms. The van der Waals surface area contributed by atoms with E-state index in [-0.39, 0.29) is 23.9 Å². The molecule has 3 N–H and O–H groups in total. The van der Waals surface area contributed by atoms with Crippen LogP contribution in [0.4, 0.5) is 0 Å². The number of hydrogen-bond acceptors (Lipinski definition) is 4. The summed E-state index contributed by atoms with van der Waals surface area (Å²) in [5.41, 5.74) is 2.22. The standard InChI is InChI=1S/C17H24N2O3S/c1-23(21,22)17-8-4-7-16(17)19-13(11-20)9-12-10-18-15-6-3-2-5-14(12)15/h2-3,5-6,10,13,16-20H,4,7-9,11H2,1H3. The fourth-order valence-electron chi connectivity index (χ4n) is 3.67. The molecule has 3 atom stereocenters. The second-order valence-electron chi connectivity index (χ2n) is 6.52. The summed E-state index contributed by atoms with van der Waals surface area (Å²) in [7, 11) is -3.05. The minimum absolute atomic E-state index is 0.00745. The molecule has 2 aromatic rings. The Morgan fingerprint density at radius 3 is 2.87 bits per heavy atom. The molecule has 1 aliphatic rings. The van der Waals surface area contributed by atoms with Crippen LogP contribution < -0.4 is 5.32 Å². The first-order valence-electron chi connectivity index (χ1n) is 8.10. The molecule has 1 saturated carbocycles. The van der Waals surface area contributed by atoms with Crippen molar-refractivity contribution in [2.45, 2.75) is 43.0 Å². The topological polar surface area (TPSA) is 82.2 Å². The van der Waals surface area contributed by atoms with E-state index < -0.39 is 9.84 Å². The average Bonchev–Trinajstić information content (AvgIpc) is 3.13. The molecule has 126 valence electrons. The first-order chi connectivity index (χ1) is 11.0. The summed E-state index contributed by atoms with van der Waals surface area (Å²) in [6, 6.07) is 7.87. The number of aromatic nitrogens is 1. The van der Waals surface area contributed by atoms with Crippen LogP contribution in [0.15, 0.2) is 30.5 Å². The van der Waals surface area contributed by atoms with Crippen molar-refractivity contribution in [2.75, 3.05) is 12.9 Å². The van der Waals surface area contributed by atoms with E-state index in [1.54, 1.807) is 0 Å². The molecule has 3 unspecified atom stereocenters. The van der Waals surface area contributed by atoms with Gasteiger partial charge >= 0.3 is 0 Å². The molecule has 1 heterocycles. The number of H-pyrrole nitrogens is 1. The van der Waals surface area contributed by atoms with E-state index in [0.29, 0.717) is 12.8 Å². The van der Waals surface area contributed by atoms with E-state index in [9.17, 15) is 13.5 Å². The van der Waals surface area contributed by atoms with Gasteiger partial charge in [0.2, 0.25) is 0 Å². The van der Waals surface area contributed by atoms with Crippen LogP contribution in [0.5, 0.6) is 0 Å². The summed E-state index contributed by atoms with van der Waals surface area (Å²) in [5.74, 6) is 0. The van der Waals surface area contributed by atoms with Crippen LogP contribution in [0, 0.1) is 0 Å². The van der Waals surface area contributed by atoms with Crippen molar-refractivity contribution in [3.05, 3.63) is 36.0 Å². The fraction of sp³-hybridized carbons (Fsp3) is 0.529. The smallest absolute Gasteiger partial charge is 0.151 e. The van der Waals surface area contributed by atoms with Gasteiger partial charge in [-0.25, -0.2) is 8.42 Å². The number of sulfone groups is 1. The number of aromatic amines is 1. The van der Waals surface area contributed by atoms with E-state index in [4.69, 9.17) is 0 Å². The van der Waals surface area contributed by atoms with Gasteiger partial charge in [-0.15, -0.1) is 0 Å². The summed E-state index contributed by atoms with van der Waals surface area (Å²) in [4.78, 5) is 3.24. The van der Waals surface area contributed by atoms with Crippen LogP contribution >= 0.6 is 0 Å². The third kappa shape index (κ3) is 3.59. The number of rotatable bonds is 6. The molecular formula is C17H24N2O3S. The predicted octanol–water partition coefficient (Wildman–Crippen LogP) is 1.63. The van der Waals surface area contributed by atoms with Crippen molar-refractivity contribution < 1.29 is 13.5 Å². The van der Waals surface area contributed by atoms with Crippen LogP contribution in [0.25, 0.3) is 10.9 Å². The van der Waals surface area contributed by atoms with Gasteiger partial charge in [-0.05, 0) is 30.9 Å². The Balaban J connectivity index is 1.73. The molecule has 5 nitrogen and oxygen atoms in total. The van der Waals surface area contributed by atoms with Gasteiger partial charge in [-0.1, -0.05) is 24.6 Å². The van der Waals surface area contributed by atoms with Gasteiger partial charge in [0, 0.05) is 35.4 Å². The Hall–Kier alpha value is -1.37. The van der Waals surface area contributed by atoms with Gasteiger partial charge in [0.1, 0.15) is 0 Å². The number of aliphatic hydroxyl groups excluding tert-OH is 1. The lowest BCUT2D eigenvalue weighted by Gasteiger charge is -2.25. The zero-order valence-corrected chi connectivity index (χ0v) is 14.1. The normalized spacial score (nSPS) is 23.4. The highest BCUT2D eigenvalue weighted by atomic mass is 32.2. The minimum atomic E-state index is -3.05. The highest BCUT2D eigenvalue weighted by molar-refractivity contribution is 7.91. The molecule has 1 aliphatic carbocycles. The van der Waals surface area contributed by atoms with Crippen LogP contribution in [-0.4, -0.2) is 48.7 Å². The lowest BCUT2D eigenvalue weighted by Crippen LogP contribution is -2.47. The highest BCUT2D eigenvalue weighted by Crippen LogP contribution is 2.26. The summed E-state index contributed by atoms with van der Waals surface area (Å²) in [6.45, 7) is -0.00745. The number of aliphatic hydroxyl groups is 1. The summed E-state index contributed by atoms with van der Waals surface area (Å²) in [5, 5.41) is 13.9. The molecule has 1 fully saturated rings. The Kier molecular flexibility index (Phi) is 4.75. The fourth-order valence-corrected chi connectivity index (χ4v) is 5.08. The van der Waals surface area contributed by atoms with E-state index in [1.807, 2.05) is 24.4 Å². The average molecular weight is 336 g/mol. The maximum atomic E-state index is 11.9. The van der Waals surface area contributed by atoms with Gasteiger partial charge in [0.25, 0.3) is 0 Å². The molecule has 0 saturated heterocycles. The Morgan fingerprint density at radius 2 is 2.13 bits per heavy atom. The molecule has 6 heteroatoms. The molecule has 0 spiro atoms. The van der Waals surface area contributed by atoms with Crippen LogP contribution in [0.1, 0.15) is 24.8 Å². The molecule has 1 aromatic carbocycles. The predicted molar refractivity (Wildman–Crippen MR) is 92.3 cm³/mol. The third-order valence-electron chi connectivity index (χ3n) is 4.81. The molecular weight excluding hydrogens is 312 g/mol. The second-order valence-corrected chi connectivity index (χ2v) is 8.78. The van der Waals surface area contributed by atoms with Gasteiger partial charge in [0.15, 0.2) is 9.84 Å². The maximum Gasteiger partial charge on any atom is 0.151 e. The van der Waals surface area contributed by atoms with Crippen LogP contribution in [0.3, 0.4) is 0 Å². The molecule has 0 radical (unpaired) electrons. The molecule has 0 aliphatic heterocycles. The Labute approximate surface area is 137 Å². The van der Waals surface area contributed by atoms with Crippen LogP contribution in [0.2, 0.25) is 0 Å². The summed E-state index contributed by atoms with van der Waals surface area (Å²) in [6.07, 6.45) is 6.43. The molecule has 3 rings (SSSR count). The number of benzene rings is 1. The lowest BCUT2D eigenvalue weighted by atomic mass is 10.0. The van der Waals surface area contributed by atoms with Crippen molar-refractivity contribution in [3.8, 4) is 0 Å². The molecule has 1 aromatic heterocycles. The third-order valence-corrected chi connectivity index (χ3v) is 6.48. The van der Waals surface area contributed by atoms with Gasteiger partial charge in [-0.2, -0.15) is 0 Å². The maximum absolute atomic E-state index is 11.9. The first-order valence-corrected chi connectivity index (χ1v) is 10.1. The number of fused-ring (bicyclic) bond motifs is 1. The number of para-hydroxylation sites is 1. The molecule has 0 amide bonds. The van der Waals surface area contributed by atoms with Gasteiger partial charge in [0.05, 0.1) is 11.9 Å². The van der Waals surface area contributed by atoms with E-state index in [0.717, 1.165) is 29.3 Å². The quantitative estimate of drug-likeness (QED) is 0.749. The van der Waals surface area contributed by atoms with Crippen molar-refractivity contribution in [1.82, 2.24) is 10.3 Å². The zero-order valence-electron chi connectivity index (χ0n) is 13.3. The van der Waals surface area contributed by atoms with E-state index in [1.165, 1.54) is 6.26 Å². The van der Waals surface area contributed by atoms with Crippen molar-refractivity contribution in [2.24, 2.45) is 0 Å². The van der Waals surface area contributed by atoms with E-state index in [2.05, 4.69) is 16.4 Å². The van der Waals surface area contributed by atoms with Gasteiger partial charge in [-0.3, -0.25) is 0 Å². The second kappa shape index (κ2) is 6.63. The largest absolute Gasteiger partial charge is 0.395 e. The highest BCUT2D eigenvalue weighted by Gasteiger charge is 2.35. The monoisotopic (exact) mass is 336 g/mol. The Morgan fingerprint density at radius 1 is 1.35 bits per heavy atom. The van der Waals surface area contributed by atoms with E-state index >= 15 is 0 Å². The van der Waals surface area contributed by atoms with Gasteiger partial charge < -0.3 is 15.4 Å². The molecule has 0 bridgehead atoms. The SMILES string of the molecule is CS(=O)(=O)C1CCCC1NC(CO)Cc1c[nH]c2ccccc12. The zero-order chi connectivity index (χ0) is 16.4. The summed E-state index contributed by atoms with van der Waals surface area (Å²) >= 11 is 0. The first kappa shape index (κ1) is 16.5.